The number of nitrogens with two attached hydrogens (primary N) is 1. The molecule has 4 N–H and O–H groups in total. The summed E-state index contributed by atoms with van der Waals surface area (Å²) in [6.45, 7) is 7.98. The van der Waals surface area contributed by atoms with Crippen LogP contribution in [0.4, 0.5) is 5.82 Å². The number of nitrogens with one attached hydrogen (secondary N) is 1. The average molecular weight is 736 g/mol. The van der Waals surface area contributed by atoms with Crippen LogP contribution in [-0.2, 0) is 32.4 Å². The second-order valence-electron chi connectivity index (χ2n) is 14.0. The molecule has 0 saturated carbocycles. The number of aliphatic hydroxyl groups excluding tert-OH is 1. The van der Waals surface area contributed by atoms with Crippen LogP contribution in [0.15, 0.2) is 24.2 Å². The zero-order valence-electron chi connectivity index (χ0n) is 31.0. The van der Waals surface area contributed by atoms with Crippen LogP contribution in [0.5, 0.6) is 0 Å². The molecular weight excluding hydrogens is 673 g/mol. The van der Waals surface area contributed by atoms with Gasteiger partial charge in [0.15, 0.2) is 6.23 Å². The lowest BCUT2D eigenvalue weighted by atomic mass is 10.0. The van der Waals surface area contributed by atoms with Crippen LogP contribution < -0.4 is 11.1 Å². The van der Waals surface area contributed by atoms with Crippen molar-refractivity contribution in [2.45, 2.75) is 148 Å². The van der Waals surface area contributed by atoms with Gasteiger partial charge in [0.2, 0.25) is 0 Å². The standard InChI is InChI=1S/C37H62N5O8P/c1-4-5-6-7-8-9-10-11-12-13-14-15-16-17-21-46-22-18-23-47-51(45)48-26-31-34(50-51)33(44)37(49-31)42-24-29(30(38)25-43)32-35(39-20-19-28(2)3)40-27-41-36(32)42/h19,24-25,27,30-31,33-34,37,44H,4-18,20-23,26,38H2,1-3H3,(H,39,40,41)/t30?,31-,33-,34-,37-,51?/m1/s1. The molecule has 13 nitrogen and oxygen atoms in total. The van der Waals surface area contributed by atoms with E-state index < -0.39 is 38.4 Å². The van der Waals surface area contributed by atoms with Gasteiger partial charge in [0.1, 0.15) is 42.4 Å². The summed E-state index contributed by atoms with van der Waals surface area (Å²) in [5.74, 6) is 0.495. The molecule has 6 atom stereocenters. The van der Waals surface area contributed by atoms with E-state index in [9.17, 15) is 14.5 Å². The summed E-state index contributed by atoms with van der Waals surface area (Å²) in [6, 6.07) is -0.957. The number of aromatic nitrogens is 3. The Kier molecular flexibility index (Phi) is 18.0. The Bertz CT molecular complexity index is 1400. The van der Waals surface area contributed by atoms with Crippen molar-refractivity contribution in [2.75, 3.05) is 38.3 Å². The number of nitrogens with zero attached hydrogens (tertiary/aromatic N) is 3. The molecule has 2 aromatic heterocycles. The minimum Gasteiger partial charge on any atom is -0.386 e. The van der Waals surface area contributed by atoms with E-state index in [4.69, 9.17) is 28.8 Å². The molecule has 0 aliphatic carbocycles. The second kappa shape index (κ2) is 22.1. The summed E-state index contributed by atoms with van der Waals surface area (Å²) < 4.78 is 43.6. The van der Waals surface area contributed by atoms with Crippen molar-refractivity contribution < 1.29 is 37.5 Å². The third-order valence-electron chi connectivity index (χ3n) is 9.48. The number of allylic oxidation sites excluding steroid dienone is 1. The number of aliphatic hydroxyl groups is 1. The van der Waals surface area contributed by atoms with Crippen LogP contribution in [-0.4, -0.2) is 77.2 Å². The van der Waals surface area contributed by atoms with Gasteiger partial charge in [0, 0.05) is 31.5 Å². The number of aldehydes is 1. The van der Waals surface area contributed by atoms with Gasteiger partial charge in [0.05, 0.1) is 24.6 Å². The first-order valence-corrected chi connectivity index (χ1v) is 20.7. The lowest BCUT2D eigenvalue weighted by Gasteiger charge is -2.30. The van der Waals surface area contributed by atoms with Crippen LogP contribution in [0.1, 0.15) is 135 Å². The Balaban J connectivity index is 1.15. The molecule has 14 heteroatoms. The average Bonchev–Trinajstić information content (AvgIpc) is 3.66. The van der Waals surface area contributed by atoms with E-state index in [-0.39, 0.29) is 13.2 Å². The molecule has 0 spiro atoms. The van der Waals surface area contributed by atoms with Crippen molar-refractivity contribution in [3.8, 4) is 0 Å². The third-order valence-corrected chi connectivity index (χ3v) is 10.9. The van der Waals surface area contributed by atoms with E-state index in [1.165, 1.54) is 89.8 Å². The second-order valence-corrected chi connectivity index (χ2v) is 15.6. The summed E-state index contributed by atoms with van der Waals surface area (Å²) in [4.78, 5) is 20.5. The molecule has 2 aliphatic heterocycles. The maximum absolute atomic E-state index is 13.3. The zero-order chi connectivity index (χ0) is 36.5. The van der Waals surface area contributed by atoms with Crippen LogP contribution in [0.25, 0.3) is 11.0 Å². The van der Waals surface area contributed by atoms with Crippen molar-refractivity contribution in [2.24, 2.45) is 5.73 Å². The summed E-state index contributed by atoms with van der Waals surface area (Å²) in [7, 11) is -3.94. The van der Waals surface area contributed by atoms with Gasteiger partial charge in [-0.1, -0.05) is 102 Å². The fourth-order valence-corrected chi connectivity index (χ4v) is 8.02. The highest BCUT2D eigenvalue weighted by Gasteiger charge is 2.53. The number of fused-ring (bicyclic) bond motifs is 2. The van der Waals surface area contributed by atoms with E-state index in [0.717, 1.165) is 12.0 Å². The summed E-state index contributed by atoms with van der Waals surface area (Å²) in [5.41, 5.74) is 8.18. The number of phosphoric acid groups is 1. The molecule has 2 fully saturated rings. The fraction of sp³-hybridized carbons (Fsp3) is 0.757. The highest BCUT2D eigenvalue weighted by Crippen LogP contribution is 2.57. The normalized spacial score (nSPS) is 23.7. The number of phosphoric ester groups is 1. The monoisotopic (exact) mass is 735 g/mol. The molecule has 0 aromatic carbocycles. The minimum atomic E-state index is -3.94. The van der Waals surface area contributed by atoms with Gasteiger partial charge in [0.25, 0.3) is 0 Å². The Morgan fingerprint density at radius 2 is 1.67 bits per heavy atom. The number of carbonyl (C=O) groups is 1. The molecule has 0 bridgehead atoms. The Labute approximate surface area is 304 Å². The van der Waals surface area contributed by atoms with E-state index in [2.05, 4.69) is 22.2 Å². The number of rotatable bonds is 26. The lowest BCUT2D eigenvalue weighted by molar-refractivity contribution is -0.109. The van der Waals surface area contributed by atoms with Crippen LogP contribution >= 0.6 is 7.82 Å². The van der Waals surface area contributed by atoms with Crippen LogP contribution in [0.3, 0.4) is 0 Å². The third kappa shape index (κ3) is 12.7. The largest absolute Gasteiger partial charge is 0.475 e. The minimum absolute atomic E-state index is 0.0878. The van der Waals surface area contributed by atoms with E-state index in [1.54, 1.807) is 10.8 Å². The highest BCUT2D eigenvalue weighted by atomic mass is 31.2. The molecule has 2 saturated heterocycles. The predicted molar refractivity (Wildman–Crippen MR) is 198 cm³/mol. The predicted octanol–water partition coefficient (Wildman–Crippen LogP) is 7.69. The molecule has 4 heterocycles. The molecule has 2 aliphatic rings. The van der Waals surface area contributed by atoms with Gasteiger partial charge in [-0.3, -0.25) is 13.6 Å². The molecule has 0 amide bonds. The number of carbonyl (C=O) groups excluding carboxylic acids is 1. The van der Waals surface area contributed by atoms with Crippen LogP contribution in [0.2, 0.25) is 0 Å². The highest BCUT2D eigenvalue weighted by molar-refractivity contribution is 7.48. The van der Waals surface area contributed by atoms with Crippen LogP contribution in [0, 0.1) is 0 Å². The van der Waals surface area contributed by atoms with Crippen molar-refractivity contribution in [3.63, 3.8) is 0 Å². The fourth-order valence-electron chi connectivity index (χ4n) is 6.58. The van der Waals surface area contributed by atoms with Crippen molar-refractivity contribution in [1.29, 1.82) is 0 Å². The summed E-state index contributed by atoms with van der Waals surface area (Å²) >= 11 is 0. The molecule has 2 aromatic rings. The number of unbranched alkanes of at least 4 members (excludes halogenated alkanes) is 13. The van der Waals surface area contributed by atoms with Gasteiger partial charge in [-0.15, -0.1) is 0 Å². The molecular formula is C37H62N5O8P. The molecule has 288 valence electrons. The Morgan fingerprint density at radius 3 is 2.31 bits per heavy atom. The summed E-state index contributed by atoms with van der Waals surface area (Å²) in [6.07, 6.45) is 20.8. The molecule has 51 heavy (non-hydrogen) atoms. The quantitative estimate of drug-likeness (QED) is 0.0373. The van der Waals surface area contributed by atoms with E-state index in [1.807, 2.05) is 19.9 Å². The smallest absolute Gasteiger partial charge is 0.386 e. The first-order chi connectivity index (χ1) is 24.8. The number of hydrogen-bond acceptors (Lipinski definition) is 12. The van der Waals surface area contributed by atoms with E-state index >= 15 is 0 Å². The van der Waals surface area contributed by atoms with Crippen molar-refractivity contribution >= 4 is 31.0 Å². The van der Waals surface area contributed by atoms with Crippen molar-refractivity contribution in [3.05, 3.63) is 29.7 Å². The maximum atomic E-state index is 13.3. The topological polar surface area (TPSA) is 169 Å². The number of anilines is 1. The van der Waals surface area contributed by atoms with Crippen molar-refractivity contribution in [1.82, 2.24) is 14.5 Å². The number of hydrogen-bond donors (Lipinski definition) is 3. The maximum Gasteiger partial charge on any atom is 0.475 e. The molecule has 0 radical (unpaired) electrons. The van der Waals surface area contributed by atoms with Gasteiger partial charge in [-0.05, 0) is 26.7 Å². The number of ether oxygens (including phenoxy) is 2. The Hall–Kier alpha value is -2.22. The zero-order valence-corrected chi connectivity index (χ0v) is 31.9. The first-order valence-electron chi connectivity index (χ1n) is 19.2. The van der Waals surface area contributed by atoms with Gasteiger partial charge < -0.3 is 35.0 Å². The van der Waals surface area contributed by atoms with Gasteiger partial charge in [-0.25, -0.2) is 14.5 Å². The van der Waals surface area contributed by atoms with E-state index in [0.29, 0.717) is 54.9 Å². The molecule has 4 rings (SSSR count). The van der Waals surface area contributed by atoms with Gasteiger partial charge in [-0.2, -0.15) is 0 Å². The Morgan fingerprint density at radius 1 is 1.02 bits per heavy atom. The lowest BCUT2D eigenvalue weighted by Crippen LogP contribution is -2.39. The SMILES string of the molecule is CCCCCCCCCCCCCCCCOCCCOP1(=O)OC[C@H]2O[C@@H](n3cc(C(N)C=O)c4c(NCC=C(C)C)ncnc43)[C@H](O)[C@@H]2O1. The molecule has 2 unspecified atom stereocenters. The summed E-state index contributed by atoms with van der Waals surface area (Å²) in [5, 5.41) is 15.1. The van der Waals surface area contributed by atoms with Gasteiger partial charge >= 0.3 is 7.82 Å². The first kappa shape index (κ1) is 41.5.